The van der Waals surface area contributed by atoms with Gasteiger partial charge in [-0.2, -0.15) is 0 Å². The largest absolute Gasteiger partial charge is 0.345 e. The Morgan fingerprint density at radius 2 is 1.62 bits per heavy atom. The van der Waals surface area contributed by atoms with Crippen LogP contribution in [0.5, 0.6) is 0 Å². The summed E-state index contributed by atoms with van der Waals surface area (Å²) < 4.78 is 0. The van der Waals surface area contributed by atoms with Crippen molar-refractivity contribution in [2.24, 2.45) is 5.73 Å². The van der Waals surface area contributed by atoms with E-state index >= 15 is 0 Å². The van der Waals surface area contributed by atoms with Gasteiger partial charge in [-0.1, -0.05) is 60.7 Å². The fourth-order valence-electron chi connectivity index (χ4n) is 2.66. The third kappa shape index (κ3) is 3.14. The number of hydrogen-bond donors (Lipinski definition) is 2. The molecule has 21 heavy (non-hydrogen) atoms. The summed E-state index contributed by atoms with van der Waals surface area (Å²) in [6, 6.07) is 19.5. The highest BCUT2D eigenvalue weighted by atomic mass is 16.2. The van der Waals surface area contributed by atoms with E-state index in [2.05, 4.69) is 17.4 Å². The van der Waals surface area contributed by atoms with Gasteiger partial charge in [0.1, 0.15) is 0 Å². The molecule has 1 fully saturated rings. The van der Waals surface area contributed by atoms with E-state index in [0.717, 1.165) is 18.4 Å². The van der Waals surface area contributed by atoms with Crippen molar-refractivity contribution in [3.63, 3.8) is 0 Å². The van der Waals surface area contributed by atoms with Gasteiger partial charge in [0.05, 0.1) is 11.6 Å². The molecule has 0 aliphatic heterocycles. The van der Waals surface area contributed by atoms with Crippen LogP contribution >= 0.6 is 0 Å². The van der Waals surface area contributed by atoms with E-state index in [1.165, 1.54) is 5.56 Å². The van der Waals surface area contributed by atoms with Crippen molar-refractivity contribution in [2.45, 2.75) is 30.8 Å². The van der Waals surface area contributed by atoms with Crippen LogP contribution in [-0.4, -0.2) is 11.9 Å². The molecule has 1 aliphatic carbocycles. The molecule has 108 valence electrons. The van der Waals surface area contributed by atoms with E-state index in [9.17, 15) is 4.79 Å². The van der Waals surface area contributed by atoms with Crippen molar-refractivity contribution in [1.29, 1.82) is 0 Å². The smallest absolute Gasteiger partial charge is 0.237 e. The monoisotopic (exact) mass is 280 g/mol. The zero-order valence-corrected chi connectivity index (χ0v) is 12.0. The molecule has 1 atom stereocenters. The Kier molecular flexibility index (Phi) is 3.76. The summed E-state index contributed by atoms with van der Waals surface area (Å²) in [6.45, 7) is 0. The first-order chi connectivity index (χ1) is 10.2. The van der Waals surface area contributed by atoms with E-state index in [-0.39, 0.29) is 11.4 Å². The lowest BCUT2D eigenvalue weighted by atomic mass is 10.0. The van der Waals surface area contributed by atoms with E-state index in [4.69, 9.17) is 5.73 Å². The minimum Gasteiger partial charge on any atom is -0.345 e. The molecule has 1 saturated carbocycles. The van der Waals surface area contributed by atoms with Gasteiger partial charge in [0.2, 0.25) is 5.91 Å². The second-order valence-corrected chi connectivity index (χ2v) is 5.73. The van der Waals surface area contributed by atoms with Gasteiger partial charge in [-0.05, 0) is 30.4 Å². The molecule has 3 heteroatoms. The van der Waals surface area contributed by atoms with Crippen LogP contribution in [0.3, 0.4) is 0 Å². The minimum absolute atomic E-state index is 0.0693. The van der Waals surface area contributed by atoms with Crippen LogP contribution in [0.25, 0.3) is 0 Å². The first-order valence-electron chi connectivity index (χ1n) is 7.37. The summed E-state index contributed by atoms with van der Waals surface area (Å²) in [6.07, 6.45) is 2.54. The molecule has 3 rings (SSSR count). The van der Waals surface area contributed by atoms with Gasteiger partial charge in [-0.3, -0.25) is 4.79 Å². The topological polar surface area (TPSA) is 55.1 Å². The Bertz CT molecular complexity index is 606. The molecule has 1 unspecified atom stereocenters. The molecule has 0 heterocycles. The fourth-order valence-corrected chi connectivity index (χ4v) is 2.66. The van der Waals surface area contributed by atoms with E-state index in [1.54, 1.807) is 0 Å². The van der Waals surface area contributed by atoms with Crippen molar-refractivity contribution in [2.75, 3.05) is 0 Å². The zero-order chi connectivity index (χ0) is 14.7. The van der Waals surface area contributed by atoms with E-state index in [0.29, 0.717) is 6.42 Å². The second kappa shape index (κ2) is 5.70. The first kappa shape index (κ1) is 13.8. The van der Waals surface area contributed by atoms with Crippen molar-refractivity contribution in [3.05, 3.63) is 71.8 Å². The van der Waals surface area contributed by atoms with Crippen LogP contribution < -0.4 is 11.1 Å². The molecule has 1 aliphatic rings. The summed E-state index contributed by atoms with van der Waals surface area (Å²) in [4.78, 5) is 12.3. The number of carbonyl (C=O) groups is 1. The summed E-state index contributed by atoms with van der Waals surface area (Å²) in [7, 11) is 0. The Balaban J connectivity index is 1.64. The lowest BCUT2D eigenvalue weighted by Gasteiger charge is -2.21. The average Bonchev–Trinajstić information content (AvgIpc) is 3.30. The van der Waals surface area contributed by atoms with Crippen molar-refractivity contribution in [1.82, 2.24) is 5.32 Å². The normalized spacial score (nSPS) is 17.0. The van der Waals surface area contributed by atoms with Gasteiger partial charge in [-0.25, -0.2) is 0 Å². The van der Waals surface area contributed by atoms with Crippen molar-refractivity contribution >= 4 is 5.91 Å². The lowest BCUT2D eigenvalue weighted by molar-refractivity contribution is -0.123. The molecular formula is C18H20N2O. The number of carbonyl (C=O) groups excluding carboxylic acids is 1. The molecular weight excluding hydrogens is 260 g/mol. The quantitative estimate of drug-likeness (QED) is 0.883. The number of amides is 1. The fraction of sp³-hybridized carbons (Fsp3) is 0.278. The van der Waals surface area contributed by atoms with Gasteiger partial charge < -0.3 is 11.1 Å². The maximum atomic E-state index is 12.3. The standard InChI is InChI=1S/C18H20N2O/c19-16(13-14-7-3-1-4-8-14)17(21)20-18(11-12-18)15-9-5-2-6-10-15/h1-10,16H,11-13,19H2,(H,20,21). The maximum absolute atomic E-state index is 12.3. The summed E-state index contributed by atoms with van der Waals surface area (Å²) in [5.74, 6) is -0.0693. The Labute approximate surface area is 125 Å². The van der Waals surface area contributed by atoms with Crippen LogP contribution in [0.4, 0.5) is 0 Å². The Morgan fingerprint density at radius 1 is 1.05 bits per heavy atom. The van der Waals surface area contributed by atoms with Crippen LogP contribution in [0.1, 0.15) is 24.0 Å². The highest BCUT2D eigenvalue weighted by Gasteiger charge is 2.46. The SMILES string of the molecule is NC(Cc1ccccc1)C(=O)NC1(c2ccccc2)CC1. The van der Waals surface area contributed by atoms with E-state index < -0.39 is 6.04 Å². The van der Waals surface area contributed by atoms with Crippen LogP contribution in [0.15, 0.2) is 60.7 Å². The van der Waals surface area contributed by atoms with Gasteiger partial charge in [0, 0.05) is 0 Å². The van der Waals surface area contributed by atoms with Crippen molar-refractivity contribution < 1.29 is 4.79 Å². The highest BCUT2D eigenvalue weighted by molar-refractivity contribution is 5.83. The first-order valence-corrected chi connectivity index (χ1v) is 7.37. The summed E-state index contributed by atoms with van der Waals surface area (Å²) >= 11 is 0. The average molecular weight is 280 g/mol. The van der Waals surface area contributed by atoms with E-state index in [1.807, 2.05) is 48.5 Å². The van der Waals surface area contributed by atoms with Gasteiger partial charge in [0.15, 0.2) is 0 Å². The molecule has 1 amide bonds. The molecule has 0 radical (unpaired) electrons. The number of nitrogens with one attached hydrogen (secondary N) is 1. The molecule has 0 saturated heterocycles. The van der Waals surface area contributed by atoms with Crippen LogP contribution in [-0.2, 0) is 16.8 Å². The predicted octanol–water partition coefficient (Wildman–Crippen LogP) is 2.36. The molecule has 0 spiro atoms. The third-order valence-corrected chi connectivity index (χ3v) is 4.07. The molecule has 0 bridgehead atoms. The highest BCUT2D eigenvalue weighted by Crippen LogP contribution is 2.45. The Morgan fingerprint density at radius 3 is 2.19 bits per heavy atom. The molecule has 3 nitrogen and oxygen atoms in total. The van der Waals surface area contributed by atoms with Crippen LogP contribution in [0.2, 0.25) is 0 Å². The third-order valence-electron chi connectivity index (χ3n) is 4.07. The molecule has 2 aromatic rings. The maximum Gasteiger partial charge on any atom is 0.237 e. The molecule has 0 aromatic heterocycles. The molecule has 3 N–H and O–H groups in total. The lowest BCUT2D eigenvalue weighted by Crippen LogP contribution is -2.46. The number of benzene rings is 2. The number of hydrogen-bond acceptors (Lipinski definition) is 2. The molecule has 2 aromatic carbocycles. The number of nitrogens with two attached hydrogens (primary N) is 1. The summed E-state index contributed by atoms with van der Waals surface area (Å²) in [5.41, 5.74) is 8.12. The minimum atomic E-state index is -0.506. The van der Waals surface area contributed by atoms with Crippen molar-refractivity contribution in [3.8, 4) is 0 Å². The Hall–Kier alpha value is -2.13. The number of rotatable bonds is 5. The second-order valence-electron chi connectivity index (χ2n) is 5.73. The van der Waals surface area contributed by atoms with Crippen LogP contribution in [0, 0.1) is 0 Å². The van der Waals surface area contributed by atoms with Gasteiger partial charge >= 0.3 is 0 Å². The predicted molar refractivity (Wildman–Crippen MR) is 83.6 cm³/mol. The summed E-state index contributed by atoms with van der Waals surface area (Å²) in [5, 5.41) is 3.14. The van der Waals surface area contributed by atoms with Gasteiger partial charge in [-0.15, -0.1) is 0 Å². The zero-order valence-electron chi connectivity index (χ0n) is 12.0. The van der Waals surface area contributed by atoms with Gasteiger partial charge in [0.25, 0.3) is 0 Å².